The maximum Gasteiger partial charge on any atom is 0.269 e. The predicted molar refractivity (Wildman–Crippen MR) is 86.8 cm³/mol. The van der Waals surface area contributed by atoms with Gasteiger partial charge in [0.1, 0.15) is 22.8 Å². The Kier molecular flexibility index (Phi) is 3.69. The molecular formula is C17H13NO6. The molecule has 0 radical (unpaired) electrons. The average Bonchev–Trinajstić information content (AvgIpc) is 2.56. The molecular weight excluding hydrogens is 314 g/mol. The molecule has 0 fully saturated rings. The van der Waals surface area contributed by atoms with E-state index in [1.54, 1.807) is 13.8 Å². The van der Waals surface area contributed by atoms with Crippen molar-refractivity contribution in [3.63, 3.8) is 0 Å². The van der Waals surface area contributed by atoms with Crippen molar-refractivity contribution in [2.24, 2.45) is 0 Å². The smallest absolute Gasteiger partial charge is 0.269 e. The largest absolute Gasteiger partial charge is 0.508 e. The van der Waals surface area contributed by atoms with E-state index in [4.69, 9.17) is 9.15 Å². The predicted octanol–water partition coefficient (Wildman–Crippen LogP) is 3.82. The fourth-order valence-electron chi connectivity index (χ4n) is 2.35. The zero-order valence-corrected chi connectivity index (χ0v) is 12.9. The minimum absolute atomic E-state index is 0.00134. The Morgan fingerprint density at radius 3 is 2.42 bits per heavy atom. The lowest BCUT2D eigenvalue weighted by Crippen LogP contribution is -2.08. The van der Waals surface area contributed by atoms with Crippen molar-refractivity contribution in [2.75, 3.05) is 0 Å². The molecule has 3 rings (SSSR count). The fourth-order valence-corrected chi connectivity index (χ4v) is 2.35. The van der Waals surface area contributed by atoms with Gasteiger partial charge >= 0.3 is 0 Å². The van der Waals surface area contributed by atoms with Crippen LogP contribution >= 0.6 is 0 Å². The summed E-state index contributed by atoms with van der Waals surface area (Å²) in [7, 11) is 0. The van der Waals surface area contributed by atoms with E-state index in [2.05, 4.69) is 0 Å². The SMILES string of the molecule is Cc1oc2c(C)c(O)ccc2c(=O)c1Oc1ccc([N+](=O)[O-])cc1. The molecule has 7 heteroatoms. The van der Waals surface area contributed by atoms with Crippen LogP contribution in [0.2, 0.25) is 0 Å². The number of phenols is 1. The number of phenolic OH excluding ortho intramolecular Hbond substituents is 1. The summed E-state index contributed by atoms with van der Waals surface area (Å²) in [6.45, 7) is 3.22. The maximum atomic E-state index is 12.6. The van der Waals surface area contributed by atoms with E-state index in [0.717, 1.165) is 0 Å². The van der Waals surface area contributed by atoms with Crippen LogP contribution in [0.4, 0.5) is 5.69 Å². The third-order valence-corrected chi connectivity index (χ3v) is 3.67. The second-order valence-electron chi connectivity index (χ2n) is 5.26. The lowest BCUT2D eigenvalue weighted by Gasteiger charge is -2.10. The summed E-state index contributed by atoms with van der Waals surface area (Å²) in [6, 6.07) is 8.27. The average molecular weight is 327 g/mol. The Balaban J connectivity index is 2.08. The highest BCUT2D eigenvalue weighted by Crippen LogP contribution is 2.30. The molecule has 3 aromatic rings. The van der Waals surface area contributed by atoms with Crippen LogP contribution in [0.1, 0.15) is 11.3 Å². The molecule has 2 aromatic carbocycles. The van der Waals surface area contributed by atoms with Gasteiger partial charge in [-0.15, -0.1) is 0 Å². The molecule has 0 atom stereocenters. The highest BCUT2D eigenvalue weighted by molar-refractivity contribution is 5.83. The van der Waals surface area contributed by atoms with Crippen molar-refractivity contribution in [1.29, 1.82) is 0 Å². The number of aromatic hydroxyl groups is 1. The standard InChI is InChI=1S/C17H13NO6/c1-9-14(19)8-7-13-15(20)17(10(2)23-16(9)13)24-12-5-3-11(4-6-12)18(21)22/h3-8,19H,1-2H3. The number of rotatable bonds is 3. The monoisotopic (exact) mass is 327 g/mol. The number of hydrogen-bond acceptors (Lipinski definition) is 6. The summed E-state index contributed by atoms with van der Waals surface area (Å²) in [5.41, 5.74) is 0.314. The van der Waals surface area contributed by atoms with Crippen LogP contribution in [-0.4, -0.2) is 10.0 Å². The molecule has 0 amide bonds. The topological polar surface area (TPSA) is 103 Å². The van der Waals surface area contributed by atoms with Gasteiger partial charge in [-0.05, 0) is 38.1 Å². The lowest BCUT2D eigenvalue weighted by atomic mass is 10.1. The first-order valence-electron chi connectivity index (χ1n) is 7.07. The molecule has 0 aliphatic rings. The molecule has 24 heavy (non-hydrogen) atoms. The first-order valence-corrected chi connectivity index (χ1v) is 7.07. The van der Waals surface area contributed by atoms with E-state index in [-0.39, 0.29) is 39.5 Å². The van der Waals surface area contributed by atoms with Gasteiger partial charge in [0.05, 0.1) is 10.3 Å². The van der Waals surface area contributed by atoms with E-state index in [1.807, 2.05) is 0 Å². The van der Waals surface area contributed by atoms with Gasteiger partial charge in [-0.1, -0.05) is 0 Å². The van der Waals surface area contributed by atoms with Gasteiger partial charge in [0.15, 0.2) is 0 Å². The second kappa shape index (κ2) is 5.69. The molecule has 0 aliphatic heterocycles. The third kappa shape index (κ3) is 2.56. The zero-order valence-electron chi connectivity index (χ0n) is 12.9. The highest BCUT2D eigenvalue weighted by Gasteiger charge is 2.17. The van der Waals surface area contributed by atoms with Crippen LogP contribution in [0.15, 0.2) is 45.6 Å². The summed E-state index contributed by atoms with van der Waals surface area (Å²) in [5, 5.41) is 20.7. The maximum absolute atomic E-state index is 12.6. The normalized spacial score (nSPS) is 10.8. The van der Waals surface area contributed by atoms with E-state index >= 15 is 0 Å². The molecule has 0 saturated heterocycles. The molecule has 0 unspecified atom stereocenters. The first-order chi connectivity index (χ1) is 11.4. The number of fused-ring (bicyclic) bond motifs is 1. The number of benzene rings is 2. The first kappa shape index (κ1) is 15.5. The molecule has 1 N–H and O–H groups in total. The molecule has 0 bridgehead atoms. The van der Waals surface area contributed by atoms with Crippen LogP contribution in [0.5, 0.6) is 17.2 Å². The highest BCUT2D eigenvalue weighted by atomic mass is 16.6. The summed E-state index contributed by atoms with van der Waals surface area (Å²) < 4.78 is 11.2. The number of aryl methyl sites for hydroxylation is 2. The van der Waals surface area contributed by atoms with Crippen molar-refractivity contribution in [2.45, 2.75) is 13.8 Å². The zero-order chi connectivity index (χ0) is 17.4. The van der Waals surface area contributed by atoms with Crippen LogP contribution in [0, 0.1) is 24.0 Å². The van der Waals surface area contributed by atoms with Crippen LogP contribution < -0.4 is 10.2 Å². The van der Waals surface area contributed by atoms with Gasteiger partial charge in [0.2, 0.25) is 11.2 Å². The molecule has 122 valence electrons. The van der Waals surface area contributed by atoms with Crippen molar-refractivity contribution < 1.29 is 19.2 Å². The molecule has 0 spiro atoms. The third-order valence-electron chi connectivity index (χ3n) is 3.67. The van der Waals surface area contributed by atoms with Crippen LogP contribution in [0.3, 0.4) is 0 Å². The Morgan fingerprint density at radius 1 is 1.12 bits per heavy atom. The summed E-state index contributed by atoms with van der Waals surface area (Å²) in [5.74, 6) is 0.570. The van der Waals surface area contributed by atoms with Crippen LogP contribution in [0.25, 0.3) is 11.0 Å². The molecule has 7 nitrogen and oxygen atoms in total. The van der Waals surface area contributed by atoms with Gasteiger partial charge < -0.3 is 14.3 Å². The van der Waals surface area contributed by atoms with Gasteiger partial charge in [-0.3, -0.25) is 14.9 Å². The Morgan fingerprint density at radius 2 is 1.79 bits per heavy atom. The number of hydrogen-bond donors (Lipinski definition) is 1. The number of nitro groups is 1. The summed E-state index contributed by atoms with van der Waals surface area (Å²) in [4.78, 5) is 22.8. The minimum Gasteiger partial charge on any atom is -0.508 e. The summed E-state index contributed by atoms with van der Waals surface area (Å²) >= 11 is 0. The fraction of sp³-hybridized carbons (Fsp3) is 0.118. The quantitative estimate of drug-likeness (QED) is 0.579. The van der Waals surface area contributed by atoms with Gasteiger partial charge in [-0.25, -0.2) is 0 Å². The molecule has 0 aliphatic carbocycles. The van der Waals surface area contributed by atoms with Crippen molar-refractivity contribution in [3.05, 3.63) is 68.1 Å². The molecule has 1 heterocycles. The van der Waals surface area contributed by atoms with Crippen molar-refractivity contribution in [3.8, 4) is 17.2 Å². The molecule has 1 aromatic heterocycles. The Labute approximate surface area is 135 Å². The van der Waals surface area contributed by atoms with E-state index in [9.17, 15) is 20.0 Å². The number of nitrogens with zero attached hydrogens (tertiary/aromatic N) is 1. The number of ether oxygens (including phenoxy) is 1. The van der Waals surface area contributed by atoms with Gasteiger partial charge in [0, 0.05) is 17.7 Å². The van der Waals surface area contributed by atoms with E-state index in [0.29, 0.717) is 11.1 Å². The molecule has 0 saturated carbocycles. The van der Waals surface area contributed by atoms with Crippen molar-refractivity contribution >= 4 is 16.7 Å². The summed E-state index contributed by atoms with van der Waals surface area (Å²) in [6.07, 6.45) is 0. The van der Waals surface area contributed by atoms with Crippen LogP contribution in [-0.2, 0) is 0 Å². The minimum atomic E-state index is -0.519. The second-order valence-corrected chi connectivity index (χ2v) is 5.26. The Hall–Kier alpha value is -3.35. The Bertz CT molecular complexity index is 1000. The van der Waals surface area contributed by atoms with Crippen molar-refractivity contribution in [1.82, 2.24) is 0 Å². The number of non-ortho nitro benzene ring substituents is 1. The van der Waals surface area contributed by atoms with Gasteiger partial charge in [0.25, 0.3) is 5.69 Å². The van der Waals surface area contributed by atoms with Gasteiger partial charge in [-0.2, -0.15) is 0 Å². The number of nitro benzene ring substituents is 1. The lowest BCUT2D eigenvalue weighted by molar-refractivity contribution is -0.384. The van der Waals surface area contributed by atoms with E-state index in [1.165, 1.54) is 36.4 Å². The van der Waals surface area contributed by atoms with E-state index < -0.39 is 4.92 Å².